The smallest absolute Gasteiger partial charge is 0.296 e. The van der Waals surface area contributed by atoms with Crippen molar-refractivity contribution in [3.63, 3.8) is 0 Å². The Hall–Kier alpha value is -1.96. The van der Waals surface area contributed by atoms with E-state index in [0.717, 1.165) is 31.2 Å². The van der Waals surface area contributed by atoms with Gasteiger partial charge in [0, 0.05) is 12.2 Å². The van der Waals surface area contributed by atoms with Gasteiger partial charge < -0.3 is 5.32 Å². The molecule has 29 heavy (non-hydrogen) atoms. The Bertz CT molecular complexity index is 969. The molecule has 0 unspecified atom stereocenters. The van der Waals surface area contributed by atoms with Crippen LogP contribution >= 0.6 is 11.6 Å². The van der Waals surface area contributed by atoms with Gasteiger partial charge in [0.05, 0.1) is 27.8 Å². The van der Waals surface area contributed by atoms with Gasteiger partial charge >= 0.3 is 0 Å². The fourth-order valence-electron chi connectivity index (χ4n) is 3.43. The Morgan fingerprint density at radius 3 is 2.48 bits per heavy atom. The van der Waals surface area contributed by atoms with E-state index in [9.17, 15) is 13.2 Å². The van der Waals surface area contributed by atoms with Crippen molar-refractivity contribution < 1.29 is 17.4 Å². The summed E-state index contributed by atoms with van der Waals surface area (Å²) in [6.45, 7) is 3.83. The van der Waals surface area contributed by atoms with Gasteiger partial charge in [-0.15, -0.1) is 0 Å². The van der Waals surface area contributed by atoms with Gasteiger partial charge in [-0.25, -0.2) is 0 Å². The topological polar surface area (TPSA) is 85.4 Å². The number of benzene rings is 1. The van der Waals surface area contributed by atoms with Crippen molar-refractivity contribution in [2.75, 3.05) is 6.61 Å². The van der Waals surface area contributed by atoms with E-state index < -0.39 is 10.1 Å². The first kappa shape index (κ1) is 21.7. The van der Waals surface area contributed by atoms with Crippen molar-refractivity contribution in [3.8, 4) is 0 Å². The van der Waals surface area contributed by atoms with Crippen LogP contribution in [0.5, 0.6) is 0 Å². The van der Waals surface area contributed by atoms with Crippen LogP contribution in [0.2, 0.25) is 5.02 Å². The van der Waals surface area contributed by atoms with Crippen LogP contribution in [0.4, 0.5) is 0 Å². The standard InChI is InChI=1S/C21H25ClN2O4S/c1-14-3-9-19(10-4-14)29(26,27)28-13-16-5-7-18(8-6-16)24-21(25)20-11-17(22)12-23-15(20)2/h3-4,9-12,16,18H,5-8,13H2,1-2H3,(H,24,25)/t16-,18-. The molecule has 0 radical (unpaired) electrons. The van der Waals surface area contributed by atoms with E-state index >= 15 is 0 Å². The molecule has 0 atom stereocenters. The molecule has 1 aromatic carbocycles. The zero-order valence-electron chi connectivity index (χ0n) is 16.5. The van der Waals surface area contributed by atoms with Crippen LogP contribution in [-0.2, 0) is 14.3 Å². The van der Waals surface area contributed by atoms with Gasteiger partial charge in [-0.2, -0.15) is 8.42 Å². The number of aromatic nitrogens is 1. The molecule has 8 heteroatoms. The highest BCUT2D eigenvalue weighted by molar-refractivity contribution is 7.86. The maximum atomic E-state index is 12.5. The maximum Gasteiger partial charge on any atom is 0.296 e. The van der Waals surface area contributed by atoms with Crippen LogP contribution in [0.3, 0.4) is 0 Å². The molecule has 0 spiro atoms. The van der Waals surface area contributed by atoms with Crippen LogP contribution in [0.25, 0.3) is 0 Å². The van der Waals surface area contributed by atoms with Crippen LogP contribution in [0.15, 0.2) is 41.4 Å². The molecule has 0 aliphatic heterocycles. The highest BCUT2D eigenvalue weighted by Crippen LogP contribution is 2.26. The van der Waals surface area contributed by atoms with Gasteiger partial charge in [0.15, 0.2) is 0 Å². The molecule has 1 N–H and O–H groups in total. The molecule has 1 saturated carbocycles. The van der Waals surface area contributed by atoms with Crippen LogP contribution in [0.1, 0.15) is 47.3 Å². The summed E-state index contributed by atoms with van der Waals surface area (Å²) in [5.74, 6) is -0.0305. The molecular weight excluding hydrogens is 412 g/mol. The molecule has 1 aliphatic rings. The zero-order chi connectivity index (χ0) is 21.0. The minimum atomic E-state index is -3.74. The van der Waals surface area contributed by atoms with E-state index in [-0.39, 0.29) is 29.4 Å². The SMILES string of the molecule is Cc1ccc(S(=O)(=O)OC[C@H]2CC[C@H](NC(=O)c3cc(Cl)cnc3C)CC2)cc1. The number of carbonyl (C=O) groups excluding carboxylic acids is 1. The summed E-state index contributed by atoms with van der Waals surface area (Å²) >= 11 is 5.94. The Kier molecular flexibility index (Phi) is 6.93. The first-order chi connectivity index (χ1) is 13.7. The Balaban J connectivity index is 1.48. The lowest BCUT2D eigenvalue weighted by atomic mass is 9.86. The summed E-state index contributed by atoms with van der Waals surface area (Å²) in [5.41, 5.74) is 2.11. The minimum Gasteiger partial charge on any atom is -0.349 e. The van der Waals surface area contributed by atoms with E-state index in [0.29, 0.717) is 16.3 Å². The molecule has 1 aromatic heterocycles. The normalized spacial score (nSPS) is 19.7. The van der Waals surface area contributed by atoms with Gasteiger partial charge in [0.1, 0.15) is 0 Å². The molecule has 6 nitrogen and oxygen atoms in total. The summed E-state index contributed by atoms with van der Waals surface area (Å²) in [6.07, 6.45) is 4.65. The number of nitrogens with zero attached hydrogens (tertiary/aromatic N) is 1. The number of aryl methyl sites for hydroxylation is 2. The molecule has 0 saturated heterocycles. The van der Waals surface area contributed by atoms with Crippen molar-refractivity contribution in [2.24, 2.45) is 5.92 Å². The summed E-state index contributed by atoms with van der Waals surface area (Å²) in [5, 5.41) is 3.46. The minimum absolute atomic E-state index is 0.0471. The van der Waals surface area contributed by atoms with E-state index in [4.69, 9.17) is 15.8 Å². The van der Waals surface area contributed by atoms with E-state index in [1.807, 2.05) is 6.92 Å². The molecule has 0 bridgehead atoms. The highest BCUT2D eigenvalue weighted by Gasteiger charge is 2.25. The summed E-state index contributed by atoms with van der Waals surface area (Å²) in [4.78, 5) is 16.8. The van der Waals surface area contributed by atoms with Gasteiger partial charge in [0.2, 0.25) is 0 Å². The second-order valence-electron chi connectivity index (χ2n) is 7.53. The molecule has 1 aliphatic carbocycles. The van der Waals surface area contributed by atoms with Crippen LogP contribution in [-0.4, -0.2) is 32.0 Å². The average molecular weight is 437 g/mol. The van der Waals surface area contributed by atoms with E-state index in [1.165, 1.54) is 6.20 Å². The van der Waals surface area contributed by atoms with Gasteiger partial charge in [-0.1, -0.05) is 29.3 Å². The van der Waals surface area contributed by atoms with Crippen molar-refractivity contribution in [3.05, 3.63) is 58.4 Å². The average Bonchev–Trinajstić information content (AvgIpc) is 2.69. The third-order valence-electron chi connectivity index (χ3n) is 5.25. The Labute approximate surface area is 176 Å². The fraction of sp³-hybridized carbons (Fsp3) is 0.429. The van der Waals surface area contributed by atoms with Gasteiger partial charge in [-0.05, 0) is 63.6 Å². The summed E-state index contributed by atoms with van der Waals surface area (Å²) in [7, 11) is -3.74. The monoisotopic (exact) mass is 436 g/mol. The van der Waals surface area contributed by atoms with E-state index in [1.54, 1.807) is 37.3 Å². The summed E-state index contributed by atoms with van der Waals surface area (Å²) < 4.78 is 29.9. The first-order valence-corrected chi connectivity index (χ1v) is 11.4. The fourth-order valence-corrected chi connectivity index (χ4v) is 4.57. The predicted octanol–water partition coefficient (Wildman–Crippen LogP) is 4.05. The highest BCUT2D eigenvalue weighted by atomic mass is 35.5. The third-order valence-corrected chi connectivity index (χ3v) is 6.75. The second-order valence-corrected chi connectivity index (χ2v) is 9.58. The van der Waals surface area contributed by atoms with Crippen LogP contribution < -0.4 is 5.32 Å². The number of hydrogen-bond acceptors (Lipinski definition) is 5. The predicted molar refractivity (Wildman–Crippen MR) is 112 cm³/mol. The third kappa shape index (κ3) is 5.78. The van der Waals surface area contributed by atoms with Crippen molar-refractivity contribution >= 4 is 27.6 Å². The number of nitrogens with one attached hydrogen (secondary N) is 1. The number of halogens is 1. The van der Waals surface area contributed by atoms with Crippen molar-refractivity contribution in [1.82, 2.24) is 10.3 Å². The number of amides is 1. The summed E-state index contributed by atoms with van der Waals surface area (Å²) in [6, 6.07) is 8.29. The number of hydrogen-bond donors (Lipinski definition) is 1. The molecule has 2 aromatic rings. The van der Waals surface area contributed by atoms with Gasteiger partial charge in [-0.3, -0.25) is 14.0 Å². The lowest BCUT2D eigenvalue weighted by Crippen LogP contribution is -2.38. The first-order valence-electron chi connectivity index (χ1n) is 9.64. The molecule has 156 valence electrons. The Morgan fingerprint density at radius 2 is 1.83 bits per heavy atom. The molecular formula is C21H25ClN2O4S. The lowest BCUT2D eigenvalue weighted by molar-refractivity contribution is 0.0916. The molecule has 1 fully saturated rings. The van der Waals surface area contributed by atoms with Crippen LogP contribution in [0, 0.1) is 19.8 Å². The molecule has 1 amide bonds. The largest absolute Gasteiger partial charge is 0.349 e. The number of pyridine rings is 1. The molecule has 3 rings (SSSR count). The Morgan fingerprint density at radius 1 is 1.17 bits per heavy atom. The zero-order valence-corrected chi connectivity index (χ0v) is 18.1. The number of carbonyl (C=O) groups is 1. The molecule has 1 heterocycles. The quantitative estimate of drug-likeness (QED) is 0.690. The van der Waals surface area contributed by atoms with Gasteiger partial charge in [0.25, 0.3) is 16.0 Å². The van der Waals surface area contributed by atoms with Crippen molar-refractivity contribution in [2.45, 2.75) is 50.5 Å². The second kappa shape index (κ2) is 9.24. The maximum absolute atomic E-state index is 12.5. The lowest BCUT2D eigenvalue weighted by Gasteiger charge is -2.29. The number of rotatable bonds is 6. The van der Waals surface area contributed by atoms with E-state index in [2.05, 4.69) is 10.3 Å². The van der Waals surface area contributed by atoms with Crippen molar-refractivity contribution in [1.29, 1.82) is 0 Å².